The van der Waals surface area contributed by atoms with Gasteiger partial charge in [-0.15, -0.1) is 11.3 Å². The minimum absolute atomic E-state index is 0.313. The van der Waals surface area contributed by atoms with E-state index in [0.29, 0.717) is 6.04 Å². The Morgan fingerprint density at radius 2 is 2.22 bits per heavy atom. The van der Waals surface area contributed by atoms with E-state index >= 15 is 0 Å². The van der Waals surface area contributed by atoms with Crippen molar-refractivity contribution < 1.29 is 0 Å². The van der Waals surface area contributed by atoms with Crippen molar-refractivity contribution in [1.29, 1.82) is 0 Å². The zero-order valence-corrected chi connectivity index (χ0v) is 13.5. The standard InChI is InChI=1S/C13H18BrN3S/c1-8(13-9(2)16-17(4)10(13)3)15-7-12-11(14)5-6-18-12/h5-6,8,15H,7H2,1-4H3. The molecule has 0 saturated carbocycles. The Labute approximate surface area is 120 Å². The van der Waals surface area contributed by atoms with Gasteiger partial charge in [-0.05, 0) is 48.1 Å². The number of nitrogens with one attached hydrogen (secondary N) is 1. The van der Waals surface area contributed by atoms with Crippen LogP contribution in [0.15, 0.2) is 15.9 Å². The van der Waals surface area contributed by atoms with E-state index in [4.69, 9.17) is 0 Å². The predicted octanol–water partition coefficient (Wildman–Crippen LogP) is 3.71. The van der Waals surface area contributed by atoms with Crippen LogP contribution in [0.25, 0.3) is 0 Å². The maximum absolute atomic E-state index is 4.46. The predicted molar refractivity (Wildman–Crippen MR) is 80.0 cm³/mol. The first kappa shape index (κ1) is 13.8. The lowest BCUT2D eigenvalue weighted by molar-refractivity contribution is 0.572. The van der Waals surface area contributed by atoms with Gasteiger partial charge in [0.05, 0.1) is 5.69 Å². The molecule has 18 heavy (non-hydrogen) atoms. The van der Waals surface area contributed by atoms with Crippen molar-refractivity contribution in [3.8, 4) is 0 Å². The number of hydrogen-bond donors (Lipinski definition) is 1. The Morgan fingerprint density at radius 1 is 1.50 bits per heavy atom. The lowest BCUT2D eigenvalue weighted by atomic mass is 10.1. The number of hydrogen-bond acceptors (Lipinski definition) is 3. The number of aromatic nitrogens is 2. The molecule has 0 fully saturated rings. The third-order valence-corrected chi connectivity index (χ3v) is 5.18. The van der Waals surface area contributed by atoms with Gasteiger partial charge in [0.2, 0.25) is 0 Å². The molecule has 1 atom stereocenters. The molecule has 2 rings (SSSR count). The Kier molecular flexibility index (Phi) is 4.25. The summed E-state index contributed by atoms with van der Waals surface area (Å²) in [5.41, 5.74) is 3.66. The third kappa shape index (κ3) is 2.68. The van der Waals surface area contributed by atoms with Crippen molar-refractivity contribution in [3.63, 3.8) is 0 Å². The van der Waals surface area contributed by atoms with Crippen molar-refractivity contribution in [3.05, 3.63) is 37.7 Å². The van der Waals surface area contributed by atoms with Gasteiger partial charge in [0.1, 0.15) is 0 Å². The van der Waals surface area contributed by atoms with Crippen LogP contribution in [0.5, 0.6) is 0 Å². The van der Waals surface area contributed by atoms with Crippen LogP contribution in [0, 0.1) is 13.8 Å². The van der Waals surface area contributed by atoms with Crippen LogP contribution in [0.2, 0.25) is 0 Å². The van der Waals surface area contributed by atoms with E-state index in [9.17, 15) is 0 Å². The van der Waals surface area contributed by atoms with E-state index in [2.05, 4.69) is 58.6 Å². The second kappa shape index (κ2) is 5.55. The second-order valence-corrected chi connectivity index (χ2v) is 6.36. The van der Waals surface area contributed by atoms with Crippen LogP contribution in [0.4, 0.5) is 0 Å². The van der Waals surface area contributed by atoms with Crippen LogP contribution < -0.4 is 5.32 Å². The molecule has 2 heterocycles. The van der Waals surface area contributed by atoms with Crippen LogP contribution in [0.3, 0.4) is 0 Å². The summed E-state index contributed by atoms with van der Waals surface area (Å²) in [5.74, 6) is 0. The SMILES string of the molecule is Cc1nn(C)c(C)c1C(C)NCc1sccc1Br. The molecule has 0 bridgehead atoms. The molecule has 0 aliphatic carbocycles. The van der Waals surface area contributed by atoms with Gasteiger partial charge in [-0.2, -0.15) is 5.10 Å². The topological polar surface area (TPSA) is 29.9 Å². The summed E-state index contributed by atoms with van der Waals surface area (Å²) in [6.07, 6.45) is 0. The molecular formula is C13H18BrN3S. The quantitative estimate of drug-likeness (QED) is 0.927. The summed E-state index contributed by atoms with van der Waals surface area (Å²) in [4.78, 5) is 1.33. The summed E-state index contributed by atoms with van der Waals surface area (Å²) in [6, 6.07) is 2.40. The fraction of sp³-hybridized carbons (Fsp3) is 0.462. The molecule has 0 aliphatic heterocycles. The van der Waals surface area contributed by atoms with Gasteiger partial charge in [0, 0.05) is 40.2 Å². The van der Waals surface area contributed by atoms with Crippen LogP contribution in [0.1, 0.15) is 34.8 Å². The summed E-state index contributed by atoms with van der Waals surface area (Å²) in [5, 5.41) is 10.1. The average Bonchev–Trinajstić information content (AvgIpc) is 2.81. The molecular weight excluding hydrogens is 310 g/mol. The minimum atomic E-state index is 0.313. The van der Waals surface area contributed by atoms with E-state index in [1.54, 1.807) is 11.3 Å². The molecule has 3 nitrogen and oxygen atoms in total. The molecule has 0 spiro atoms. The number of halogens is 1. The van der Waals surface area contributed by atoms with E-state index in [0.717, 1.165) is 12.2 Å². The van der Waals surface area contributed by atoms with E-state index in [1.165, 1.54) is 20.6 Å². The van der Waals surface area contributed by atoms with Crippen LogP contribution in [-0.2, 0) is 13.6 Å². The molecule has 2 aromatic heterocycles. The molecule has 0 saturated heterocycles. The largest absolute Gasteiger partial charge is 0.305 e. The number of thiophene rings is 1. The summed E-state index contributed by atoms with van der Waals surface area (Å²) in [7, 11) is 1.99. The van der Waals surface area contributed by atoms with Crippen molar-refractivity contribution >= 4 is 27.3 Å². The summed E-state index contributed by atoms with van der Waals surface area (Å²) in [6.45, 7) is 7.27. The number of nitrogens with zero attached hydrogens (tertiary/aromatic N) is 2. The molecule has 1 unspecified atom stereocenters. The Hall–Kier alpha value is -0.650. The molecule has 2 aromatic rings. The molecule has 0 amide bonds. The Morgan fingerprint density at radius 3 is 2.72 bits per heavy atom. The first-order valence-corrected chi connectivity index (χ1v) is 7.63. The average molecular weight is 328 g/mol. The van der Waals surface area contributed by atoms with Gasteiger partial charge >= 0.3 is 0 Å². The highest BCUT2D eigenvalue weighted by molar-refractivity contribution is 9.10. The van der Waals surface area contributed by atoms with Gasteiger partial charge < -0.3 is 5.32 Å². The first-order chi connectivity index (χ1) is 8.50. The second-order valence-electron chi connectivity index (χ2n) is 4.50. The van der Waals surface area contributed by atoms with Crippen molar-refractivity contribution in [2.24, 2.45) is 7.05 Å². The smallest absolute Gasteiger partial charge is 0.0644 e. The van der Waals surface area contributed by atoms with E-state index in [-0.39, 0.29) is 0 Å². The lowest BCUT2D eigenvalue weighted by Crippen LogP contribution is -2.19. The number of rotatable bonds is 4. The van der Waals surface area contributed by atoms with Crippen LogP contribution >= 0.6 is 27.3 Å². The monoisotopic (exact) mass is 327 g/mol. The number of aryl methyl sites for hydroxylation is 2. The minimum Gasteiger partial charge on any atom is -0.305 e. The van der Waals surface area contributed by atoms with Gasteiger partial charge in [-0.1, -0.05) is 0 Å². The summed E-state index contributed by atoms with van der Waals surface area (Å²) < 4.78 is 3.14. The highest BCUT2D eigenvalue weighted by Gasteiger charge is 2.16. The van der Waals surface area contributed by atoms with E-state index in [1.807, 2.05) is 11.7 Å². The Balaban J connectivity index is 2.08. The maximum atomic E-state index is 4.46. The fourth-order valence-electron chi connectivity index (χ4n) is 2.22. The van der Waals surface area contributed by atoms with Gasteiger partial charge in [-0.25, -0.2) is 0 Å². The highest BCUT2D eigenvalue weighted by atomic mass is 79.9. The maximum Gasteiger partial charge on any atom is 0.0644 e. The lowest BCUT2D eigenvalue weighted by Gasteiger charge is -2.14. The zero-order valence-electron chi connectivity index (χ0n) is 11.1. The highest BCUT2D eigenvalue weighted by Crippen LogP contribution is 2.25. The van der Waals surface area contributed by atoms with Crippen molar-refractivity contribution in [2.75, 3.05) is 0 Å². The van der Waals surface area contributed by atoms with Gasteiger partial charge in [0.25, 0.3) is 0 Å². The Bertz CT molecular complexity index is 544. The fourth-order valence-corrected chi connectivity index (χ4v) is 3.66. The van der Waals surface area contributed by atoms with Gasteiger partial charge in [-0.3, -0.25) is 4.68 Å². The van der Waals surface area contributed by atoms with Gasteiger partial charge in [0.15, 0.2) is 0 Å². The van der Waals surface area contributed by atoms with Crippen molar-refractivity contribution in [2.45, 2.75) is 33.4 Å². The third-order valence-electron chi connectivity index (χ3n) is 3.26. The zero-order chi connectivity index (χ0) is 13.3. The molecule has 0 aliphatic rings. The molecule has 98 valence electrons. The first-order valence-electron chi connectivity index (χ1n) is 5.96. The molecule has 5 heteroatoms. The molecule has 1 N–H and O–H groups in total. The molecule has 0 radical (unpaired) electrons. The van der Waals surface area contributed by atoms with Crippen molar-refractivity contribution in [1.82, 2.24) is 15.1 Å². The normalized spacial score (nSPS) is 12.9. The molecule has 0 aromatic carbocycles. The van der Waals surface area contributed by atoms with Crippen LogP contribution in [-0.4, -0.2) is 9.78 Å². The van der Waals surface area contributed by atoms with E-state index < -0.39 is 0 Å². The summed E-state index contributed by atoms with van der Waals surface area (Å²) >= 11 is 5.33.